The summed E-state index contributed by atoms with van der Waals surface area (Å²) in [5, 5.41) is 4.18. The van der Waals surface area contributed by atoms with Crippen LogP contribution in [0.2, 0.25) is 0 Å². The molecule has 0 radical (unpaired) electrons. The number of aromatic nitrogens is 4. The van der Waals surface area contributed by atoms with Gasteiger partial charge in [-0.3, -0.25) is 0 Å². The summed E-state index contributed by atoms with van der Waals surface area (Å²) in [5.74, 6) is 2.06. The first-order valence-corrected chi connectivity index (χ1v) is 12.4. The third-order valence-electron chi connectivity index (χ3n) is 6.29. The van der Waals surface area contributed by atoms with E-state index in [-0.39, 0.29) is 0 Å². The van der Waals surface area contributed by atoms with Gasteiger partial charge in [0.25, 0.3) is 0 Å². The van der Waals surface area contributed by atoms with Crippen LogP contribution in [0.15, 0.2) is 83.7 Å². The van der Waals surface area contributed by atoms with E-state index in [0.717, 1.165) is 61.7 Å². The number of anilines is 2. The summed E-state index contributed by atoms with van der Waals surface area (Å²) in [5.41, 5.74) is 12.7. The van der Waals surface area contributed by atoms with Gasteiger partial charge in [0.05, 0.1) is 11.1 Å². The summed E-state index contributed by atoms with van der Waals surface area (Å²) in [6.45, 7) is 0.971. The van der Waals surface area contributed by atoms with Crippen molar-refractivity contribution < 1.29 is 0 Å². The van der Waals surface area contributed by atoms with Gasteiger partial charge in [0, 0.05) is 33.9 Å². The lowest BCUT2D eigenvalue weighted by atomic mass is 9.89. The van der Waals surface area contributed by atoms with Gasteiger partial charge in [-0.15, -0.1) is 0 Å². The molecular formula is C28H23BrN6. The zero-order valence-corrected chi connectivity index (χ0v) is 20.5. The van der Waals surface area contributed by atoms with Gasteiger partial charge in [-0.1, -0.05) is 58.4 Å². The minimum Gasteiger partial charge on any atom is -0.383 e. The van der Waals surface area contributed by atoms with E-state index < -0.39 is 0 Å². The van der Waals surface area contributed by atoms with Crippen molar-refractivity contribution in [1.29, 1.82) is 0 Å². The molecule has 2 aromatic carbocycles. The molecule has 0 saturated heterocycles. The fourth-order valence-corrected chi connectivity index (χ4v) is 4.76. The average molecular weight is 523 g/mol. The van der Waals surface area contributed by atoms with Crippen molar-refractivity contribution in [2.45, 2.75) is 12.8 Å². The number of nitrogen functional groups attached to an aromatic ring is 1. The number of fused-ring (bicyclic) bond motifs is 1. The van der Waals surface area contributed by atoms with Crippen LogP contribution in [0.4, 0.5) is 11.6 Å². The van der Waals surface area contributed by atoms with Crippen LogP contribution >= 0.6 is 15.9 Å². The van der Waals surface area contributed by atoms with Crippen LogP contribution in [0.1, 0.15) is 12.8 Å². The normalized spacial score (nSPS) is 13.2. The van der Waals surface area contributed by atoms with E-state index in [4.69, 9.17) is 10.7 Å². The molecule has 0 spiro atoms. The molecule has 3 heterocycles. The first kappa shape index (κ1) is 21.7. The van der Waals surface area contributed by atoms with Crippen LogP contribution in [-0.2, 0) is 0 Å². The largest absolute Gasteiger partial charge is 0.383 e. The Kier molecular flexibility index (Phi) is 5.62. The molecule has 7 heteroatoms. The second-order valence-electron chi connectivity index (χ2n) is 8.80. The van der Waals surface area contributed by atoms with Crippen molar-refractivity contribution in [3.05, 3.63) is 83.7 Å². The Morgan fingerprint density at radius 1 is 0.857 bits per heavy atom. The van der Waals surface area contributed by atoms with E-state index in [1.165, 1.54) is 19.2 Å². The van der Waals surface area contributed by atoms with Gasteiger partial charge in [0.15, 0.2) is 5.65 Å². The Morgan fingerprint density at radius 2 is 1.69 bits per heavy atom. The van der Waals surface area contributed by atoms with E-state index in [9.17, 15) is 0 Å². The van der Waals surface area contributed by atoms with Gasteiger partial charge in [-0.05, 0) is 54.2 Å². The SMILES string of the molecule is Nc1ncnc2nc(-c3ccc(NCC4CC4)nc3)c(-c3ccccc3)c(-c3cccc(Br)c3)c12. The summed E-state index contributed by atoms with van der Waals surface area (Å²) in [6, 6.07) is 22.5. The number of pyridine rings is 2. The van der Waals surface area contributed by atoms with Gasteiger partial charge in [0.2, 0.25) is 0 Å². The van der Waals surface area contributed by atoms with Crippen molar-refractivity contribution in [3.8, 4) is 33.5 Å². The van der Waals surface area contributed by atoms with E-state index in [1.807, 2.05) is 42.6 Å². The first-order valence-electron chi connectivity index (χ1n) is 11.6. The molecular weight excluding hydrogens is 500 g/mol. The molecule has 0 unspecified atom stereocenters. The predicted molar refractivity (Wildman–Crippen MR) is 145 cm³/mol. The third-order valence-corrected chi connectivity index (χ3v) is 6.79. The Hall–Kier alpha value is -3.84. The zero-order chi connectivity index (χ0) is 23.8. The monoisotopic (exact) mass is 522 g/mol. The molecule has 1 fully saturated rings. The van der Waals surface area contributed by atoms with Gasteiger partial charge in [0.1, 0.15) is 18.0 Å². The maximum Gasteiger partial charge on any atom is 0.165 e. The topological polar surface area (TPSA) is 89.6 Å². The summed E-state index contributed by atoms with van der Waals surface area (Å²) in [6.07, 6.45) is 5.95. The standard InChI is InChI=1S/C28H23BrN6/c29-21-8-4-7-19(13-21)23-24(18-5-2-1-3-6-18)26(35-28-25(23)27(30)33-16-34-28)20-11-12-22(32-15-20)31-14-17-9-10-17/h1-8,11-13,15-17H,9-10,14H2,(H,31,32)(H2,30,33,34,35). The van der Waals surface area contributed by atoms with E-state index in [2.05, 4.69) is 66.5 Å². The second kappa shape index (κ2) is 9.07. The fourth-order valence-electron chi connectivity index (χ4n) is 4.36. The Bertz CT molecular complexity index is 1510. The van der Waals surface area contributed by atoms with E-state index >= 15 is 0 Å². The minimum atomic E-state index is 0.402. The lowest BCUT2D eigenvalue weighted by Gasteiger charge is -2.19. The molecule has 1 aliphatic rings. The number of benzene rings is 2. The van der Waals surface area contributed by atoms with Crippen molar-refractivity contribution in [1.82, 2.24) is 19.9 Å². The average Bonchev–Trinajstić information content (AvgIpc) is 3.72. The molecule has 0 aliphatic heterocycles. The number of rotatable bonds is 6. The Morgan fingerprint density at radius 3 is 2.43 bits per heavy atom. The molecule has 0 atom stereocenters. The molecule has 6 rings (SSSR count). The van der Waals surface area contributed by atoms with Gasteiger partial charge in [-0.2, -0.15) is 0 Å². The summed E-state index contributed by atoms with van der Waals surface area (Å²) >= 11 is 3.63. The zero-order valence-electron chi connectivity index (χ0n) is 18.9. The van der Waals surface area contributed by atoms with Crippen LogP contribution < -0.4 is 11.1 Å². The smallest absolute Gasteiger partial charge is 0.165 e. The lowest BCUT2D eigenvalue weighted by Crippen LogP contribution is -2.05. The highest BCUT2D eigenvalue weighted by atomic mass is 79.9. The van der Waals surface area contributed by atoms with Crippen LogP contribution in [0.3, 0.4) is 0 Å². The molecule has 3 aromatic heterocycles. The molecule has 1 saturated carbocycles. The summed E-state index contributed by atoms with van der Waals surface area (Å²) < 4.78 is 0.976. The molecule has 6 nitrogen and oxygen atoms in total. The van der Waals surface area contributed by atoms with E-state index in [0.29, 0.717) is 11.5 Å². The maximum atomic E-state index is 6.43. The Labute approximate surface area is 211 Å². The molecule has 35 heavy (non-hydrogen) atoms. The van der Waals surface area contributed by atoms with E-state index in [1.54, 1.807) is 0 Å². The molecule has 172 valence electrons. The second-order valence-corrected chi connectivity index (χ2v) is 9.72. The molecule has 1 aliphatic carbocycles. The Balaban J connectivity index is 1.62. The number of nitrogens with two attached hydrogens (primary N) is 1. The first-order chi connectivity index (χ1) is 17.2. The van der Waals surface area contributed by atoms with Crippen molar-refractivity contribution >= 4 is 38.6 Å². The number of nitrogens with zero attached hydrogens (tertiary/aromatic N) is 4. The fraction of sp³-hybridized carbons (Fsp3) is 0.143. The molecule has 0 amide bonds. The summed E-state index contributed by atoms with van der Waals surface area (Å²) in [7, 11) is 0. The minimum absolute atomic E-state index is 0.402. The number of hydrogen-bond acceptors (Lipinski definition) is 6. The van der Waals surface area contributed by atoms with Crippen molar-refractivity contribution in [2.75, 3.05) is 17.6 Å². The third kappa shape index (κ3) is 4.35. The van der Waals surface area contributed by atoms with Crippen LogP contribution in [-0.4, -0.2) is 26.5 Å². The highest BCUT2D eigenvalue weighted by molar-refractivity contribution is 9.10. The molecule has 3 N–H and O–H groups in total. The van der Waals surface area contributed by atoms with Crippen molar-refractivity contribution in [3.63, 3.8) is 0 Å². The number of nitrogens with one attached hydrogen (secondary N) is 1. The number of hydrogen-bond donors (Lipinski definition) is 2. The quantitative estimate of drug-likeness (QED) is 0.261. The predicted octanol–water partition coefficient (Wildman–Crippen LogP) is 6.59. The molecule has 0 bridgehead atoms. The van der Waals surface area contributed by atoms with Gasteiger partial charge >= 0.3 is 0 Å². The number of halogens is 1. The summed E-state index contributed by atoms with van der Waals surface area (Å²) in [4.78, 5) is 18.5. The lowest BCUT2D eigenvalue weighted by molar-refractivity contribution is 0.883. The maximum absolute atomic E-state index is 6.43. The van der Waals surface area contributed by atoms with Crippen LogP contribution in [0, 0.1) is 5.92 Å². The van der Waals surface area contributed by atoms with Crippen LogP contribution in [0.25, 0.3) is 44.5 Å². The van der Waals surface area contributed by atoms with Gasteiger partial charge in [-0.25, -0.2) is 19.9 Å². The molecule has 5 aromatic rings. The van der Waals surface area contributed by atoms with Crippen LogP contribution in [0.5, 0.6) is 0 Å². The van der Waals surface area contributed by atoms with Crippen molar-refractivity contribution in [2.24, 2.45) is 5.92 Å². The highest BCUT2D eigenvalue weighted by Gasteiger charge is 2.23. The highest BCUT2D eigenvalue weighted by Crippen LogP contribution is 2.44. The van der Waals surface area contributed by atoms with Gasteiger partial charge < -0.3 is 11.1 Å².